The molecule has 0 N–H and O–H groups in total. The molecule has 1 saturated heterocycles. The summed E-state index contributed by atoms with van der Waals surface area (Å²) >= 11 is 2.43. The van der Waals surface area contributed by atoms with E-state index in [2.05, 4.69) is 22.6 Å². The molecule has 0 aromatic rings. The van der Waals surface area contributed by atoms with E-state index in [4.69, 9.17) is 4.74 Å². The summed E-state index contributed by atoms with van der Waals surface area (Å²) < 4.78 is 5.96. The van der Waals surface area contributed by atoms with Crippen LogP contribution in [0.5, 0.6) is 0 Å². The van der Waals surface area contributed by atoms with E-state index in [0.717, 1.165) is 17.1 Å². The molecule has 0 aliphatic carbocycles. The van der Waals surface area contributed by atoms with Crippen LogP contribution in [-0.4, -0.2) is 17.1 Å². The van der Waals surface area contributed by atoms with Crippen molar-refractivity contribution in [3.63, 3.8) is 0 Å². The molecule has 1 atom stereocenters. The predicted octanol–water partition coefficient (Wildman–Crippen LogP) is 1.60. The molecule has 1 nitrogen and oxygen atoms in total. The molecule has 42 valence electrons. The first-order valence-corrected chi connectivity index (χ1v) is 3.86. The van der Waals surface area contributed by atoms with E-state index in [-0.39, 0.29) is 0 Å². The van der Waals surface area contributed by atoms with Gasteiger partial charge in [0, 0.05) is 10.5 Å². The minimum Gasteiger partial charge on any atom is -0.380 e. The van der Waals surface area contributed by atoms with Crippen LogP contribution in [0.3, 0.4) is 0 Å². The maximum atomic E-state index is 5.17. The normalized spacial score (nSPS) is 33.0. The molecule has 0 aromatic carbocycles. The molecule has 1 aliphatic rings. The maximum Gasteiger partial charge on any atom is 0.0583 e. The molecule has 1 aliphatic heterocycles. The van der Waals surface area contributed by atoms with E-state index < -0.39 is 0 Å². The van der Waals surface area contributed by atoms with Crippen molar-refractivity contribution in [3.05, 3.63) is 0 Å². The Morgan fingerprint density at radius 1 is 1.57 bits per heavy atom. The van der Waals surface area contributed by atoms with Crippen LogP contribution in [0, 0.1) is 0 Å². The molecule has 0 aromatic heterocycles. The second kappa shape index (κ2) is 2.87. The van der Waals surface area contributed by atoms with Crippen LogP contribution in [0.15, 0.2) is 0 Å². The van der Waals surface area contributed by atoms with Crippen LogP contribution in [0.2, 0.25) is 0 Å². The third kappa shape index (κ3) is 1.95. The average Bonchev–Trinajstić information content (AvgIpc) is 1.69. The lowest BCUT2D eigenvalue weighted by Crippen LogP contribution is -2.15. The first kappa shape index (κ1) is 5.82. The lowest BCUT2D eigenvalue weighted by molar-refractivity contribution is 0.105. The van der Waals surface area contributed by atoms with Crippen molar-refractivity contribution >= 4 is 22.6 Å². The highest BCUT2D eigenvalue weighted by Crippen LogP contribution is 2.13. The number of alkyl halides is 1. The van der Waals surface area contributed by atoms with Crippen molar-refractivity contribution in [2.75, 3.05) is 13.2 Å². The second-order valence-electron chi connectivity index (χ2n) is 1.81. The maximum absolute atomic E-state index is 5.17. The summed E-state index contributed by atoms with van der Waals surface area (Å²) in [7, 11) is 0. The van der Waals surface area contributed by atoms with Gasteiger partial charge in [-0.1, -0.05) is 22.6 Å². The minimum atomic E-state index is 0.784. The number of hydrogen-bond donors (Lipinski definition) is 0. The summed E-state index contributed by atoms with van der Waals surface area (Å²) in [6.07, 6.45) is 2.61. The van der Waals surface area contributed by atoms with Gasteiger partial charge in [-0.2, -0.15) is 0 Å². The molecule has 7 heavy (non-hydrogen) atoms. The first-order valence-electron chi connectivity index (χ1n) is 2.61. The molecule has 1 heterocycles. The highest BCUT2D eigenvalue weighted by Gasteiger charge is 2.07. The number of halogens is 1. The van der Waals surface area contributed by atoms with Crippen LogP contribution in [-0.2, 0) is 4.74 Å². The summed E-state index contributed by atoms with van der Waals surface area (Å²) in [5, 5.41) is 0. The van der Waals surface area contributed by atoms with Gasteiger partial charge in [-0.25, -0.2) is 0 Å². The SMILES string of the molecule is I[C@@H]1CCCOC1. The van der Waals surface area contributed by atoms with Gasteiger partial charge in [-0.3, -0.25) is 0 Å². The number of ether oxygens (including phenoxy) is 1. The van der Waals surface area contributed by atoms with Gasteiger partial charge in [0.1, 0.15) is 0 Å². The third-order valence-corrected chi connectivity index (χ3v) is 2.09. The summed E-state index contributed by atoms with van der Waals surface area (Å²) in [6.45, 7) is 1.96. The summed E-state index contributed by atoms with van der Waals surface area (Å²) in [4.78, 5) is 0. The zero-order valence-corrected chi connectivity index (χ0v) is 6.35. The fourth-order valence-corrected chi connectivity index (χ4v) is 1.40. The van der Waals surface area contributed by atoms with Gasteiger partial charge < -0.3 is 4.74 Å². The van der Waals surface area contributed by atoms with Crippen LogP contribution in [0.1, 0.15) is 12.8 Å². The van der Waals surface area contributed by atoms with Crippen molar-refractivity contribution in [1.29, 1.82) is 0 Å². The molecule has 1 rings (SSSR count). The van der Waals surface area contributed by atoms with E-state index in [0.29, 0.717) is 0 Å². The third-order valence-electron chi connectivity index (χ3n) is 1.10. The van der Waals surface area contributed by atoms with Crippen LogP contribution >= 0.6 is 22.6 Å². The predicted molar refractivity (Wildman–Crippen MR) is 37.9 cm³/mol. The highest BCUT2D eigenvalue weighted by atomic mass is 127. The number of rotatable bonds is 0. The average molecular weight is 212 g/mol. The van der Waals surface area contributed by atoms with Gasteiger partial charge in [0.05, 0.1) is 6.61 Å². The molecule has 0 unspecified atom stereocenters. The molecular weight excluding hydrogens is 203 g/mol. The second-order valence-corrected chi connectivity index (χ2v) is 3.58. The number of hydrogen-bond acceptors (Lipinski definition) is 1. The van der Waals surface area contributed by atoms with Crippen molar-refractivity contribution in [2.45, 2.75) is 16.8 Å². The van der Waals surface area contributed by atoms with Gasteiger partial charge in [0.2, 0.25) is 0 Å². The molecule has 0 radical (unpaired) electrons. The van der Waals surface area contributed by atoms with E-state index in [1.807, 2.05) is 0 Å². The molecule has 1 fully saturated rings. The Hall–Kier alpha value is 0.690. The lowest BCUT2D eigenvalue weighted by Gasteiger charge is -2.15. The van der Waals surface area contributed by atoms with Gasteiger partial charge in [-0.15, -0.1) is 0 Å². The molecule has 2 heteroatoms. The van der Waals surface area contributed by atoms with Crippen LogP contribution < -0.4 is 0 Å². The zero-order valence-electron chi connectivity index (χ0n) is 4.19. The van der Waals surface area contributed by atoms with Crippen molar-refractivity contribution in [3.8, 4) is 0 Å². The Bertz CT molecular complexity index is 50.0. The minimum absolute atomic E-state index is 0.784. The fourth-order valence-electron chi connectivity index (χ4n) is 0.701. The summed E-state index contributed by atoms with van der Waals surface area (Å²) in [6, 6.07) is 0. The fraction of sp³-hybridized carbons (Fsp3) is 1.00. The molecule has 0 amide bonds. The van der Waals surface area contributed by atoms with E-state index in [1.54, 1.807) is 0 Å². The Balaban J connectivity index is 2.12. The monoisotopic (exact) mass is 212 g/mol. The zero-order chi connectivity index (χ0) is 5.11. The Morgan fingerprint density at radius 2 is 2.43 bits per heavy atom. The molecule has 0 spiro atoms. The molecule has 0 saturated carbocycles. The van der Waals surface area contributed by atoms with Gasteiger partial charge in [-0.05, 0) is 12.8 Å². The van der Waals surface area contributed by atoms with E-state index >= 15 is 0 Å². The van der Waals surface area contributed by atoms with Crippen molar-refractivity contribution < 1.29 is 4.74 Å². The molecule has 0 bridgehead atoms. The largest absolute Gasteiger partial charge is 0.380 e. The van der Waals surface area contributed by atoms with Gasteiger partial charge in [0.15, 0.2) is 0 Å². The summed E-state index contributed by atoms with van der Waals surface area (Å²) in [5.74, 6) is 0. The van der Waals surface area contributed by atoms with Crippen molar-refractivity contribution in [1.82, 2.24) is 0 Å². The summed E-state index contributed by atoms with van der Waals surface area (Å²) in [5.41, 5.74) is 0. The van der Waals surface area contributed by atoms with Crippen LogP contribution in [0.25, 0.3) is 0 Å². The smallest absolute Gasteiger partial charge is 0.0583 e. The van der Waals surface area contributed by atoms with E-state index in [1.165, 1.54) is 12.8 Å². The Labute approximate surface area is 57.6 Å². The lowest BCUT2D eigenvalue weighted by atomic mass is 10.2. The van der Waals surface area contributed by atoms with Crippen LogP contribution in [0.4, 0.5) is 0 Å². The first-order chi connectivity index (χ1) is 3.39. The Morgan fingerprint density at radius 3 is 2.71 bits per heavy atom. The highest BCUT2D eigenvalue weighted by molar-refractivity contribution is 14.1. The van der Waals surface area contributed by atoms with Gasteiger partial charge in [0.25, 0.3) is 0 Å². The quantitative estimate of drug-likeness (QED) is 0.437. The molecular formula is C5H9IO. The van der Waals surface area contributed by atoms with Crippen molar-refractivity contribution in [2.24, 2.45) is 0 Å². The van der Waals surface area contributed by atoms with E-state index in [9.17, 15) is 0 Å². The topological polar surface area (TPSA) is 9.23 Å². The Kier molecular flexibility index (Phi) is 2.38. The standard InChI is InChI=1S/C5H9IO/c6-5-2-1-3-7-4-5/h5H,1-4H2/t5-/m1/s1. The van der Waals surface area contributed by atoms with Gasteiger partial charge >= 0.3 is 0 Å².